The van der Waals surface area contributed by atoms with Crippen LogP contribution < -0.4 is 11.1 Å². The zero-order valence-corrected chi connectivity index (χ0v) is 11.6. The molecule has 1 aromatic carbocycles. The van der Waals surface area contributed by atoms with Crippen molar-refractivity contribution in [3.05, 3.63) is 28.0 Å². The van der Waals surface area contributed by atoms with E-state index in [0.29, 0.717) is 10.2 Å². The summed E-state index contributed by atoms with van der Waals surface area (Å²) in [5.41, 5.74) is 6.94. The third-order valence-corrected chi connectivity index (χ3v) is 3.15. The summed E-state index contributed by atoms with van der Waals surface area (Å²) < 4.78 is 13.7. The molecule has 0 spiro atoms. The summed E-state index contributed by atoms with van der Waals surface area (Å²) in [6.07, 6.45) is 0. The van der Waals surface area contributed by atoms with Crippen LogP contribution in [0.5, 0.6) is 0 Å². The van der Waals surface area contributed by atoms with Gasteiger partial charge in [-0.1, -0.05) is 13.8 Å². The highest BCUT2D eigenvalue weighted by Crippen LogP contribution is 2.24. The Hall–Kier alpha value is -0.940. The average Bonchev–Trinajstić information content (AvgIpc) is 2.24. The minimum atomic E-state index is -0.596. The first-order valence-electron chi connectivity index (χ1n) is 5.35. The van der Waals surface area contributed by atoms with Crippen LogP contribution >= 0.6 is 15.9 Å². The van der Waals surface area contributed by atoms with Crippen molar-refractivity contribution in [2.45, 2.75) is 26.8 Å². The summed E-state index contributed by atoms with van der Waals surface area (Å²) in [6, 6.07) is 2.30. The highest BCUT2D eigenvalue weighted by atomic mass is 79.9. The fraction of sp³-hybridized carbons (Fsp3) is 0.417. The molecule has 0 saturated carbocycles. The van der Waals surface area contributed by atoms with E-state index in [1.54, 1.807) is 13.0 Å². The number of carbonyl (C=O) groups excluding carboxylic acids is 1. The van der Waals surface area contributed by atoms with Crippen molar-refractivity contribution in [3.63, 3.8) is 0 Å². The highest BCUT2D eigenvalue weighted by molar-refractivity contribution is 9.10. The normalized spacial score (nSPS) is 12.6. The molecule has 5 heteroatoms. The van der Waals surface area contributed by atoms with E-state index in [-0.39, 0.29) is 11.8 Å². The lowest BCUT2D eigenvalue weighted by atomic mass is 10.0. The number of nitrogens with two attached hydrogens (primary N) is 1. The van der Waals surface area contributed by atoms with Crippen LogP contribution in [0.3, 0.4) is 0 Å². The molecule has 1 amide bonds. The number of anilines is 1. The van der Waals surface area contributed by atoms with Gasteiger partial charge in [-0.05, 0) is 46.5 Å². The van der Waals surface area contributed by atoms with Gasteiger partial charge in [0.15, 0.2) is 0 Å². The average molecular weight is 303 g/mol. The topological polar surface area (TPSA) is 55.1 Å². The second-order valence-corrected chi connectivity index (χ2v) is 5.19. The van der Waals surface area contributed by atoms with E-state index in [0.717, 1.165) is 5.56 Å². The van der Waals surface area contributed by atoms with Gasteiger partial charge in [0.05, 0.1) is 10.5 Å². The Balaban J connectivity index is 2.89. The molecule has 3 nitrogen and oxygen atoms in total. The number of amides is 1. The van der Waals surface area contributed by atoms with E-state index in [4.69, 9.17) is 5.73 Å². The first kappa shape index (κ1) is 14.1. The van der Waals surface area contributed by atoms with Gasteiger partial charge in [0.1, 0.15) is 5.82 Å². The maximum Gasteiger partial charge on any atom is 0.241 e. The minimum Gasteiger partial charge on any atom is -0.324 e. The van der Waals surface area contributed by atoms with Crippen LogP contribution in [-0.4, -0.2) is 11.9 Å². The van der Waals surface area contributed by atoms with E-state index >= 15 is 0 Å². The van der Waals surface area contributed by atoms with Gasteiger partial charge in [0.25, 0.3) is 0 Å². The van der Waals surface area contributed by atoms with Gasteiger partial charge in [-0.25, -0.2) is 4.39 Å². The molecule has 0 aliphatic rings. The molecule has 0 unspecified atom stereocenters. The van der Waals surface area contributed by atoms with E-state index in [1.165, 1.54) is 6.07 Å². The Kier molecular flexibility index (Phi) is 4.65. The van der Waals surface area contributed by atoms with Crippen LogP contribution in [0.25, 0.3) is 0 Å². The molecular weight excluding hydrogens is 287 g/mol. The highest BCUT2D eigenvalue weighted by Gasteiger charge is 2.18. The molecule has 0 aliphatic carbocycles. The molecule has 3 N–H and O–H groups in total. The van der Waals surface area contributed by atoms with Crippen molar-refractivity contribution >= 4 is 27.5 Å². The SMILES string of the molecule is Cc1cc(Br)c(F)cc1NC(=O)[C@@H](N)C(C)C. The molecule has 0 aliphatic heterocycles. The summed E-state index contributed by atoms with van der Waals surface area (Å²) in [5, 5.41) is 2.63. The maximum absolute atomic E-state index is 13.3. The third-order valence-electron chi connectivity index (χ3n) is 2.55. The van der Waals surface area contributed by atoms with E-state index < -0.39 is 11.9 Å². The number of hydrogen-bond donors (Lipinski definition) is 2. The number of carbonyl (C=O) groups is 1. The second kappa shape index (κ2) is 5.60. The van der Waals surface area contributed by atoms with Crippen molar-refractivity contribution in [1.82, 2.24) is 0 Å². The number of rotatable bonds is 3. The van der Waals surface area contributed by atoms with Crippen LogP contribution in [0.15, 0.2) is 16.6 Å². The molecule has 94 valence electrons. The number of nitrogens with one attached hydrogen (secondary N) is 1. The van der Waals surface area contributed by atoms with Crippen molar-refractivity contribution in [1.29, 1.82) is 0 Å². The summed E-state index contributed by atoms with van der Waals surface area (Å²) >= 11 is 3.09. The monoisotopic (exact) mass is 302 g/mol. The quantitative estimate of drug-likeness (QED) is 0.902. The van der Waals surface area contributed by atoms with Crippen LogP contribution in [0.2, 0.25) is 0 Å². The van der Waals surface area contributed by atoms with E-state index in [2.05, 4.69) is 21.2 Å². The lowest BCUT2D eigenvalue weighted by Gasteiger charge is -2.16. The Morgan fingerprint density at radius 1 is 1.47 bits per heavy atom. The Bertz CT molecular complexity index is 435. The number of aryl methyl sites for hydroxylation is 1. The van der Waals surface area contributed by atoms with Gasteiger partial charge in [0.2, 0.25) is 5.91 Å². The second-order valence-electron chi connectivity index (χ2n) is 4.34. The largest absolute Gasteiger partial charge is 0.324 e. The number of hydrogen-bond acceptors (Lipinski definition) is 2. The first-order chi connectivity index (χ1) is 7.82. The van der Waals surface area contributed by atoms with Gasteiger partial charge in [0, 0.05) is 5.69 Å². The molecule has 0 heterocycles. The maximum atomic E-state index is 13.3. The third kappa shape index (κ3) is 3.51. The van der Waals surface area contributed by atoms with Gasteiger partial charge < -0.3 is 11.1 Å². The Labute approximate surface area is 109 Å². The van der Waals surface area contributed by atoms with Crippen molar-refractivity contribution < 1.29 is 9.18 Å². The summed E-state index contributed by atoms with van der Waals surface area (Å²) in [5.74, 6) is -0.676. The fourth-order valence-electron chi connectivity index (χ4n) is 1.30. The molecule has 1 atom stereocenters. The molecule has 1 aromatic rings. The zero-order chi connectivity index (χ0) is 13.2. The lowest BCUT2D eigenvalue weighted by molar-refractivity contribution is -0.118. The number of halogens is 2. The molecule has 0 fully saturated rings. The predicted octanol–water partition coefficient (Wildman–Crippen LogP) is 2.82. The van der Waals surface area contributed by atoms with Crippen molar-refractivity contribution in [3.8, 4) is 0 Å². The zero-order valence-electron chi connectivity index (χ0n) is 10.1. The van der Waals surface area contributed by atoms with Gasteiger partial charge in [-0.15, -0.1) is 0 Å². The Morgan fingerprint density at radius 3 is 2.59 bits per heavy atom. The van der Waals surface area contributed by atoms with Crippen molar-refractivity contribution in [2.24, 2.45) is 11.7 Å². The van der Waals surface area contributed by atoms with Crippen LogP contribution in [0.1, 0.15) is 19.4 Å². The molecule has 0 saturated heterocycles. The Morgan fingerprint density at radius 2 is 2.06 bits per heavy atom. The predicted molar refractivity (Wildman–Crippen MR) is 70.3 cm³/mol. The lowest BCUT2D eigenvalue weighted by Crippen LogP contribution is -2.39. The minimum absolute atomic E-state index is 0.0376. The fourth-order valence-corrected chi connectivity index (χ4v) is 1.76. The molecule has 0 radical (unpaired) electrons. The van der Waals surface area contributed by atoms with Gasteiger partial charge >= 0.3 is 0 Å². The summed E-state index contributed by atoms with van der Waals surface area (Å²) in [4.78, 5) is 11.7. The molecule has 0 aromatic heterocycles. The number of benzene rings is 1. The van der Waals surface area contributed by atoms with Gasteiger partial charge in [-0.2, -0.15) is 0 Å². The summed E-state index contributed by atoms with van der Waals surface area (Å²) in [7, 11) is 0. The van der Waals surface area contributed by atoms with Crippen LogP contribution in [-0.2, 0) is 4.79 Å². The smallest absolute Gasteiger partial charge is 0.241 e. The molecule has 17 heavy (non-hydrogen) atoms. The molecule has 1 rings (SSSR count). The molecular formula is C12H16BrFN2O. The summed E-state index contributed by atoms with van der Waals surface area (Å²) in [6.45, 7) is 5.51. The van der Waals surface area contributed by atoms with E-state index in [9.17, 15) is 9.18 Å². The first-order valence-corrected chi connectivity index (χ1v) is 6.14. The van der Waals surface area contributed by atoms with Crippen molar-refractivity contribution in [2.75, 3.05) is 5.32 Å². The molecule has 0 bridgehead atoms. The van der Waals surface area contributed by atoms with Crippen LogP contribution in [0, 0.1) is 18.7 Å². The van der Waals surface area contributed by atoms with E-state index in [1.807, 2.05) is 13.8 Å². The van der Waals surface area contributed by atoms with Crippen LogP contribution in [0.4, 0.5) is 10.1 Å². The van der Waals surface area contributed by atoms with Gasteiger partial charge in [-0.3, -0.25) is 4.79 Å². The standard InChI is InChI=1S/C12H16BrFN2O/c1-6(2)11(15)12(17)16-10-5-9(14)8(13)4-7(10)3/h4-6,11H,15H2,1-3H3,(H,16,17)/t11-/m0/s1.